The van der Waals surface area contributed by atoms with Gasteiger partial charge in [-0.15, -0.1) is 0 Å². The predicted octanol–water partition coefficient (Wildman–Crippen LogP) is 2.55. The summed E-state index contributed by atoms with van der Waals surface area (Å²) in [6.07, 6.45) is 2.88. The van der Waals surface area contributed by atoms with Gasteiger partial charge in [0.1, 0.15) is 11.9 Å². The Kier molecular flexibility index (Phi) is 5.92. The lowest BCUT2D eigenvalue weighted by molar-refractivity contribution is -0.179. The molecule has 1 aliphatic rings. The highest BCUT2D eigenvalue weighted by Crippen LogP contribution is 2.32. The molecule has 1 aliphatic heterocycles. The zero-order valence-corrected chi connectivity index (χ0v) is 15.6. The highest BCUT2D eigenvalue weighted by Gasteiger charge is 2.57. The fraction of sp³-hybridized carbons (Fsp3) is 0.474. The van der Waals surface area contributed by atoms with Crippen molar-refractivity contribution in [2.24, 2.45) is 5.73 Å². The van der Waals surface area contributed by atoms with Crippen molar-refractivity contribution in [2.75, 3.05) is 7.11 Å². The van der Waals surface area contributed by atoms with Gasteiger partial charge < -0.3 is 19.9 Å². The molecular formula is C19H26N2O5. The van der Waals surface area contributed by atoms with Gasteiger partial charge in [-0.25, -0.2) is 14.5 Å². The minimum absolute atomic E-state index is 0.403. The summed E-state index contributed by atoms with van der Waals surface area (Å²) in [6.45, 7) is 5.21. The molecule has 2 N–H and O–H groups in total. The van der Waals surface area contributed by atoms with Crippen LogP contribution in [-0.4, -0.2) is 41.4 Å². The van der Waals surface area contributed by atoms with Gasteiger partial charge in [-0.2, -0.15) is 0 Å². The van der Waals surface area contributed by atoms with E-state index in [9.17, 15) is 9.59 Å². The van der Waals surface area contributed by atoms with Gasteiger partial charge in [0.15, 0.2) is 0 Å². The van der Waals surface area contributed by atoms with Crippen molar-refractivity contribution in [3.8, 4) is 0 Å². The summed E-state index contributed by atoms with van der Waals surface area (Å²) in [4.78, 5) is 26.2. The van der Waals surface area contributed by atoms with Crippen LogP contribution in [0.2, 0.25) is 0 Å². The van der Waals surface area contributed by atoms with E-state index in [-0.39, 0.29) is 0 Å². The summed E-state index contributed by atoms with van der Waals surface area (Å²) in [7, 11) is 1.23. The third-order valence-electron chi connectivity index (χ3n) is 3.97. The Labute approximate surface area is 153 Å². The zero-order valence-electron chi connectivity index (χ0n) is 15.6. The van der Waals surface area contributed by atoms with E-state index < -0.39 is 29.4 Å². The van der Waals surface area contributed by atoms with Gasteiger partial charge in [0.05, 0.1) is 13.2 Å². The molecule has 0 saturated carbocycles. The average Bonchev–Trinajstić information content (AvgIpc) is 3.04. The van der Waals surface area contributed by atoms with Crippen LogP contribution in [0.25, 0.3) is 0 Å². The van der Waals surface area contributed by atoms with Gasteiger partial charge >= 0.3 is 17.8 Å². The quantitative estimate of drug-likeness (QED) is 0.810. The third kappa shape index (κ3) is 4.16. The van der Waals surface area contributed by atoms with E-state index in [0.29, 0.717) is 12.8 Å². The van der Waals surface area contributed by atoms with Crippen molar-refractivity contribution < 1.29 is 23.8 Å². The molecule has 7 nitrogen and oxygen atoms in total. The van der Waals surface area contributed by atoms with Crippen molar-refractivity contribution >= 4 is 12.1 Å². The van der Waals surface area contributed by atoms with Crippen LogP contribution in [0.4, 0.5) is 4.79 Å². The van der Waals surface area contributed by atoms with Gasteiger partial charge in [0.2, 0.25) is 0 Å². The molecule has 2 atom stereocenters. The molecule has 0 radical (unpaired) electrons. The smallest absolute Gasteiger partial charge is 0.418 e. The van der Waals surface area contributed by atoms with Gasteiger partial charge in [-0.1, -0.05) is 30.3 Å². The van der Waals surface area contributed by atoms with E-state index >= 15 is 0 Å². The average molecular weight is 362 g/mol. The maximum absolute atomic E-state index is 12.6. The summed E-state index contributed by atoms with van der Waals surface area (Å²) in [5.41, 5.74) is 4.86. The highest BCUT2D eigenvalue weighted by atomic mass is 16.6. The first-order valence-corrected chi connectivity index (χ1v) is 8.45. The molecule has 0 aliphatic carbocycles. The second-order valence-corrected chi connectivity index (χ2v) is 7.07. The largest absolute Gasteiger partial charge is 0.465 e. The third-order valence-corrected chi connectivity index (χ3v) is 3.97. The fourth-order valence-electron chi connectivity index (χ4n) is 2.74. The van der Waals surface area contributed by atoms with Crippen LogP contribution in [0.5, 0.6) is 0 Å². The molecule has 1 aromatic rings. The van der Waals surface area contributed by atoms with Crippen LogP contribution in [-0.2, 0) is 25.4 Å². The van der Waals surface area contributed by atoms with Gasteiger partial charge in [-0.3, -0.25) is 0 Å². The molecule has 142 valence electrons. The number of esters is 1. The van der Waals surface area contributed by atoms with Crippen LogP contribution in [0.3, 0.4) is 0 Å². The van der Waals surface area contributed by atoms with Gasteiger partial charge in [-0.05, 0) is 39.2 Å². The van der Waals surface area contributed by atoms with E-state index in [0.717, 1.165) is 10.5 Å². The molecule has 0 spiro atoms. The SMILES string of the molecule is COC(=O)C1([C@H](N)CCc2ccccc2)OC=CN1C(=O)OC(C)(C)C. The highest BCUT2D eigenvalue weighted by molar-refractivity contribution is 5.86. The van der Waals surface area contributed by atoms with E-state index in [4.69, 9.17) is 19.9 Å². The first-order valence-electron chi connectivity index (χ1n) is 8.45. The molecule has 0 fully saturated rings. The zero-order chi connectivity index (χ0) is 19.4. The first kappa shape index (κ1) is 19.8. The number of nitrogens with zero attached hydrogens (tertiary/aromatic N) is 1. The standard InChI is InChI=1S/C19H26N2O5/c1-18(2,3)26-17(23)21-12-13-25-19(21,16(22)24-4)15(20)11-10-14-8-6-5-7-9-14/h5-9,12-13,15H,10-11,20H2,1-4H3/t15-,19?/m1/s1. The minimum Gasteiger partial charge on any atom is -0.465 e. The van der Waals surface area contributed by atoms with Crippen LogP contribution in [0.1, 0.15) is 32.8 Å². The number of carbonyl (C=O) groups excluding carboxylic acids is 2. The van der Waals surface area contributed by atoms with Crippen LogP contribution < -0.4 is 5.73 Å². The van der Waals surface area contributed by atoms with E-state index in [1.165, 1.54) is 19.6 Å². The van der Waals surface area contributed by atoms with E-state index in [1.54, 1.807) is 20.8 Å². The lowest BCUT2D eigenvalue weighted by Gasteiger charge is -2.38. The molecule has 1 aromatic carbocycles. The summed E-state index contributed by atoms with van der Waals surface area (Å²) >= 11 is 0. The van der Waals surface area contributed by atoms with Gasteiger partial charge in [0, 0.05) is 6.20 Å². The Morgan fingerprint density at radius 1 is 1.27 bits per heavy atom. The molecular weight excluding hydrogens is 336 g/mol. The van der Waals surface area contributed by atoms with Crippen molar-refractivity contribution in [1.29, 1.82) is 0 Å². The number of amides is 1. The Hall–Kier alpha value is -2.54. The van der Waals surface area contributed by atoms with Crippen molar-refractivity contribution in [1.82, 2.24) is 4.90 Å². The molecule has 1 unspecified atom stereocenters. The maximum atomic E-state index is 12.6. The van der Waals surface area contributed by atoms with Crippen molar-refractivity contribution in [2.45, 2.75) is 51.0 Å². The summed E-state index contributed by atoms with van der Waals surface area (Å²) in [6, 6.07) is 8.90. The summed E-state index contributed by atoms with van der Waals surface area (Å²) in [5.74, 6) is -0.756. The van der Waals surface area contributed by atoms with E-state index in [1.807, 2.05) is 30.3 Å². The number of hydrogen-bond donors (Lipinski definition) is 1. The summed E-state index contributed by atoms with van der Waals surface area (Å²) < 4.78 is 15.8. The Morgan fingerprint density at radius 2 is 1.92 bits per heavy atom. The maximum Gasteiger partial charge on any atom is 0.418 e. The topological polar surface area (TPSA) is 91.1 Å². The van der Waals surface area contributed by atoms with Crippen LogP contribution >= 0.6 is 0 Å². The molecule has 7 heteroatoms. The molecule has 2 rings (SSSR count). The molecule has 0 bridgehead atoms. The molecule has 0 saturated heterocycles. The normalized spacial score (nSPS) is 20.4. The second kappa shape index (κ2) is 7.78. The molecule has 1 amide bonds. The Bertz CT molecular complexity index is 668. The number of methoxy groups -OCH3 is 1. The van der Waals surface area contributed by atoms with Crippen LogP contribution in [0.15, 0.2) is 42.8 Å². The summed E-state index contributed by atoms with van der Waals surface area (Å²) in [5, 5.41) is 0. The van der Waals surface area contributed by atoms with Crippen LogP contribution in [0, 0.1) is 0 Å². The number of nitrogens with two attached hydrogens (primary N) is 1. The number of ether oxygens (including phenoxy) is 3. The number of aryl methyl sites for hydroxylation is 1. The molecule has 0 aromatic heterocycles. The number of benzene rings is 1. The Morgan fingerprint density at radius 3 is 2.50 bits per heavy atom. The minimum atomic E-state index is -1.79. The molecule has 1 heterocycles. The fourth-order valence-corrected chi connectivity index (χ4v) is 2.74. The van der Waals surface area contributed by atoms with E-state index in [2.05, 4.69) is 0 Å². The van der Waals surface area contributed by atoms with Crippen molar-refractivity contribution in [3.63, 3.8) is 0 Å². The Balaban J connectivity index is 2.23. The monoisotopic (exact) mass is 362 g/mol. The number of hydrogen-bond acceptors (Lipinski definition) is 6. The number of rotatable bonds is 5. The van der Waals surface area contributed by atoms with Crippen molar-refractivity contribution in [3.05, 3.63) is 48.4 Å². The number of carbonyl (C=O) groups is 2. The second-order valence-electron chi connectivity index (χ2n) is 7.07. The lowest BCUT2D eigenvalue weighted by Crippen LogP contribution is -2.64. The molecule has 26 heavy (non-hydrogen) atoms. The predicted molar refractivity (Wildman–Crippen MR) is 95.8 cm³/mol. The first-order chi connectivity index (χ1) is 12.2. The van der Waals surface area contributed by atoms with Gasteiger partial charge in [0.25, 0.3) is 0 Å². The lowest BCUT2D eigenvalue weighted by atomic mass is 9.96.